The van der Waals surface area contributed by atoms with Crippen LogP contribution in [0.4, 0.5) is 0 Å². The molecule has 1 heterocycles. The maximum absolute atomic E-state index is 9.80. The van der Waals surface area contributed by atoms with E-state index in [2.05, 4.69) is 15.2 Å². The molecule has 0 unspecified atom stereocenters. The minimum Gasteiger partial charge on any atom is -0.303 e. The molecule has 0 fully saturated rings. The highest BCUT2D eigenvalue weighted by Crippen LogP contribution is 2.15. The summed E-state index contributed by atoms with van der Waals surface area (Å²) >= 11 is 0. The monoisotopic (exact) mass is 174 g/mol. The molecule has 0 aliphatic carbocycles. The van der Waals surface area contributed by atoms with Gasteiger partial charge in [-0.15, -0.1) is 4.91 Å². The summed E-state index contributed by atoms with van der Waals surface area (Å²) in [7, 11) is 0. The Labute approximate surface area is 74.1 Å². The lowest BCUT2D eigenvalue weighted by Crippen LogP contribution is -1.85. The third-order valence-corrected chi connectivity index (χ3v) is 1.70. The smallest absolute Gasteiger partial charge is 0.252 e. The number of benzene rings is 1. The van der Waals surface area contributed by atoms with Gasteiger partial charge in [0.2, 0.25) is 0 Å². The molecule has 0 saturated carbocycles. The van der Waals surface area contributed by atoms with Crippen LogP contribution in [0.5, 0.6) is 5.88 Å². The lowest BCUT2D eigenvalue weighted by molar-refractivity contribution is 0.322. The van der Waals surface area contributed by atoms with Gasteiger partial charge in [0.25, 0.3) is 5.88 Å². The van der Waals surface area contributed by atoms with Gasteiger partial charge >= 0.3 is 0 Å². The van der Waals surface area contributed by atoms with E-state index in [9.17, 15) is 4.91 Å². The van der Waals surface area contributed by atoms with Gasteiger partial charge < -0.3 is 4.84 Å². The molecule has 64 valence electrons. The zero-order valence-corrected chi connectivity index (χ0v) is 6.68. The molecule has 1 aromatic carbocycles. The Bertz CT molecular complexity index is 442. The first-order chi connectivity index (χ1) is 6.40. The first-order valence-corrected chi connectivity index (χ1v) is 3.75. The Morgan fingerprint density at radius 2 is 2.00 bits per heavy atom. The molecule has 0 atom stereocenters. The molecule has 4 nitrogen and oxygen atoms in total. The lowest BCUT2D eigenvalue weighted by Gasteiger charge is -1.97. The van der Waals surface area contributed by atoms with Crippen LogP contribution in [0, 0.1) is 4.91 Å². The molecule has 0 saturated heterocycles. The number of nitrogens with zero attached hydrogens (tertiary/aromatic N) is 2. The second kappa shape index (κ2) is 3.18. The Balaban J connectivity index is 2.55. The van der Waals surface area contributed by atoms with Crippen molar-refractivity contribution in [2.24, 2.45) is 5.34 Å². The molecule has 2 rings (SSSR count). The van der Waals surface area contributed by atoms with Crippen LogP contribution in [0.15, 0.2) is 41.7 Å². The molecule has 2 aromatic rings. The average molecular weight is 174 g/mol. The Kier molecular flexibility index (Phi) is 1.88. The summed E-state index contributed by atoms with van der Waals surface area (Å²) in [6.07, 6.45) is 0. The number of rotatable bonds is 2. The number of hydrogen-bond donors (Lipinski definition) is 0. The molecule has 0 spiro atoms. The van der Waals surface area contributed by atoms with Crippen molar-refractivity contribution < 1.29 is 4.84 Å². The fourth-order valence-corrected chi connectivity index (χ4v) is 1.14. The second-order valence-electron chi connectivity index (χ2n) is 2.51. The summed E-state index contributed by atoms with van der Waals surface area (Å²) in [5, 5.41) is 3.30. The normalized spacial score (nSPS) is 9.85. The Hall–Kier alpha value is -1.97. The van der Waals surface area contributed by atoms with Crippen LogP contribution in [0.25, 0.3) is 10.9 Å². The van der Waals surface area contributed by atoms with Crippen LogP contribution in [-0.2, 0) is 0 Å². The summed E-state index contributed by atoms with van der Waals surface area (Å²) < 4.78 is 0. The van der Waals surface area contributed by atoms with E-state index in [1.165, 1.54) is 0 Å². The summed E-state index contributed by atoms with van der Waals surface area (Å²) in [5.41, 5.74) is 0.781. The molecular weight excluding hydrogens is 168 g/mol. The van der Waals surface area contributed by atoms with Crippen LogP contribution in [-0.4, -0.2) is 4.98 Å². The molecule has 13 heavy (non-hydrogen) atoms. The van der Waals surface area contributed by atoms with E-state index < -0.39 is 0 Å². The highest BCUT2D eigenvalue weighted by atomic mass is 16.7. The highest BCUT2D eigenvalue weighted by Gasteiger charge is 1.97. The number of hydrogen-bond acceptors (Lipinski definition) is 4. The van der Waals surface area contributed by atoms with Crippen molar-refractivity contribution >= 4 is 10.9 Å². The van der Waals surface area contributed by atoms with E-state index in [-0.39, 0.29) is 5.88 Å². The summed E-state index contributed by atoms with van der Waals surface area (Å²) in [6.45, 7) is 0. The van der Waals surface area contributed by atoms with E-state index in [0.717, 1.165) is 10.9 Å². The SMILES string of the molecule is O=NOc1ccc2ccccc2n1. The van der Waals surface area contributed by atoms with Gasteiger partial charge in [-0.05, 0) is 12.1 Å². The van der Waals surface area contributed by atoms with Crippen molar-refractivity contribution in [2.45, 2.75) is 0 Å². The zero-order valence-electron chi connectivity index (χ0n) is 6.68. The van der Waals surface area contributed by atoms with Gasteiger partial charge in [0.1, 0.15) is 0 Å². The number of fused-ring (bicyclic) bond motifs is 1. The molecule has 0 radical (unpaired) electrons. The standard InChI is InChI=1S/C9H6N2O2/c12-11-13-9-6-5-7-3-1-2-4-8(7)10-9/h1-6H. The van der Waals surface area contributed by atoms with Gasteiger partial charge in [-0.25, -0.2) is 4.98 Å². The van der Waals surface area contributed by atoms with Crippen LogP contribution in [0.2, 0.25) is 0 Å². The Morgan fingerprint density at radius 1 is 1.15 bits per heavy atom. The lowest BCUT2D eigenvalue weighted by atomic mass is 10.2. The fraction of sp³-hybridized carbons (Fsp3) is 0. The molecule has 0 bridgehead atoms. The van der Waals surface area contributed by atoms with Crippen molar-refractivity contribution in [1.82, 2.24) is 4.98 Å². The van der Waals surface area contributed by atoms with E-state index in [1.807, 2.05) is 30.3 Å². The van der Waals surface area contributed by atoms with E-state index >= 15 is 0 Å². The van der Waals surface area contributed by atoms with Crippen molar-refractivity contribution in [3.63, 3.8) is 0 Å². The third kappa shape index (κ3) is 1.46. The number of aromatic nitrogens is 1. The predicted octanol–water partition coefficient (Wildman–Crippen LogP) is 2.29. The van der Waals surface area contributed by atoms with Gasteiger partial charge in [0, 0.05) is 11.5 Å². The minimum absolute atomic E-state index is 0.216. The van der Waals surface area contributed by atoms with Gasteiger partial charge in [-0.1, -0.05) is 18.2 Å². The van der Waals surface area contributed by atoms with E-state index in [0.29, 0.717) is 0 Å². The molecule has 4 heteroatoms. The quantitative estimate of drug-likeness (QED) is 0.518. The first-order valence-electron chi connectivity index (χ1n) is 3.75. The van der Waals surface area contributed by atoms with Crippen molar-refractivity contribution in [3.05, 3.63) is 41.3 Å². The zero-order chi connectivity index (χ0) is 9.10. The molecule has 0 aliphatic heterocycles. The number of pyridine rings is 1. The largest absolute Gasteiger partial charge is 0.303 e. The fourth-order valence-electron chi connectivity index (χ4n) is 1.14. The van der Waals surface area contributed by atoms with Gasteiger partial charge in [0.05, 0.1) is 5.52 Å². The van der Waals surface area contributed by atoms with Crippen LogP contribution < -0.4 is 4.84 Å². The minimum atomic E-state index is 0.216. The maximum atomic E-state index is 9.80. The molecule has 0 N–H and O–H groups in total. The van der Waals surface area contributed by atoms with Crippen molar-refractivity contribution in [2.75, 3.05) is 0 Å². The molecule has 1 aromatic heterocycles. The topological polar surface area (TPSA) is 51.5 Å². The molecule has 0 amide bonds. The Morgan fingerprint density at radius 3 is 2.85 bits per heavy atom. The highest BCUT2D eigenvalue weighted by molar-refractivity contribution is 5.78. The van der Waals surface area contributed by atoms with E-state index in [4.69, 9.17) is 0 Å². The predicted molar refractivity (Wildman–Crippen MR) is 48.2 cm³/mol. The van der Waals surface area contributed by atoms with E-state index in [1.54, 1.807) is 6.07 Å². The first kappa shape index (κ1) is 7.67. The van der Waals surface area contributed by atoms with Crippen molar-refractivity contribution in [3.8, 4) is 5.88 Å². The van der Waals surface area contributed by atoms with Crippen molar-refractivity contribution in [1.29, 1.82) is 0 Å². The van der Waals surface area contributed by atoms with Crippen LogP contribution in [0.3, 0.4) is 0 Å². The summed E-state index contributed by atoms with van der Waals surface area (Å²) in [6, 6.07) is 11.0. The summed E-state index contributed by atoms with van der Waals surface area (Å²) in [4.78, 5) is 18.2. The molecule has 0 aliphatic rings. The van der Waals surface area contributed by atoms with Crippen LogP contribution in [0.1, 0.15) is 0 Å². The van der Waals surface area contributed by atoms with Crippen LogP contribution >= 0.6 is 0 Å². The average Bonchev–Trinajstić information content (AvgIpc) is 2.18. The third-order valence-electron chi connectivity index (χ3n) is 1.70. The number of para-hydroxylation sites is 1. The molecular formula is C9H6N2O2. The van der Waals surface area contributed by atoms with Gasteiger partial charge in [-0.2, -0.15) is 0 Å². The van der Waals surface area contributed by atoms with Gasteiger partial charge in [-0.3, -0.25) is 0 Å². The van der Waals surface area contributed by atoms with Gasteiger partial charge in [0.15, 0.2) is 5.34 Å². The maximum Gasteiger partial charge on any atom is 0.252 e. The summed E-state index contributed by atoms with van der Waals surface area (Å²) in [5.74, 6) is 0.216. The second-order valence-corrected chi connectivity index (χ2v) is 2.51.